The number of amides is 1. The molecule has 2 aromatic carbocycles. The van der Waals surface area contributed by atoms with Crippen molar-refractivity contribution in [1.82, 2.24) is 5.32 Å². The summed E-state index contributed by atoms with van der Waals surface area (Å²) >= 11 is 9.57. The third kappa shape index (κ3) is 5.22. The van der Waals surface area contributed by atoms with Crippen LogP contribution in [0.1, 0.15) is 16.7 Å². The van der Waals surface area contributed by atoms with Gasteiger partial charge < -0.3 is 15.2 Å². The van der Waals surface area contributed by atoms with Gasteiger partial charge in [-0.2, -0.15) is 0 Å². The number of ether oxygens (including phenoxy) is 1. The monoisotopic (exact) mass is 439 g/mol. The van der Waals surface area contributed by atoms with Crippen LogP contribution in [0.3, 0.4) is 0 Å². The summed E-state index contributed by atoms with van der Waals surface area (Å²) in [5.74, 6) is -1.12. The maximum atomic E-state index is 12.1. The number of rotatable bonds is 7. The van der Waals surface area contributed by atoms with E-state index in [4.69, 9.17) is 16.3 Å². The number of hydrogen-bond donors (Lipinski definition) is 2. The quantitative estimate of drug-likeness (QED) is 0.684. The summed E-state index contributed by atoms with van der Waals surface area (Å²) in [6.07, 6.45) is 0.199. The molecule has 0 aliphatic heterocycles. The Bertz CT molecular complexity index is 811. The molecule has 0 aromatic heterocycles. The lowest BCUT2D eigenvalue weighted by Gasteiger charge is -2.16. The Kier molecular flexibility index (Phi) is 7.06. The largest absolute Gasteiger partial charge is 0.483 e. The fourth-order valence-corrected chi connectivity index (χ4v) is 3.12. The van der Waals surface area contributed by atoms with Gasteiger partial charge in [-0.15, -0.1) is 0 Å². The molecule has 0 bridgehead atoms. The first-order valence-corrected chi connectivity index (χ1v) is 9.10. The summed E-state index contributed by atoms with van der Waals surface area (Å²) in [5.41, 5.74) is 2.47. The molecule has 0 aliphatic rings. The van der Waals surface area contributed by atoms with Gasteiger partial charge in [0.05, 0.1) is 4.47 Å². The molecular weight excluding hydrogens is 422 g/mol. The van der Waals surface area contributed by atoms with Crippen LogP contribution < -0.4 is 10.1 Å². The molecule has 1 unspecified atom stereocenters. The zero-order valence-corrected chi connectivity index (χ0v) is 16.7. The molecule has 0 saturated carbocycles. The molecule has 0 heterocycles. The summed E-state index contributed by atoms with van der Waals surface area (Å²) in [6, 6.07) is 9.82. The summed E-state index contributed by atoms with van der Waals surface area (Å²) in [5, 5.41) is 12.5. The van der Waals surface area contributed by atoms with Crippen LogP contribution in [0.25, 0.3) is 0 Å². The Morgan fingerprint density at radius 1 is 1.27 bits per heavy atom. The van der Waals surface area contributed by atoms with Crippen LogP contribution in [0.15, 0.2) is 40.9 Å². The van der Waals surface area contributed by atoms with Crippen LogP contribution in [0, 0.1) is 13.8 Å². The van der Waals surface area contributed by atoms with Crippen molar-refractivity contribution in [3.8, 4) is 5.75 Å². The fourth-order valence-electron chi connectivity index (χ4n) is 2.43. The molecular formula is C19H19BrClNO4. The SMILES string of the molecule is Cc1cc(OCC(=O)NC(Cc2ccccc2)C(=O)O)c(Br)c(C)c1Cl. The summed E-state index contributed by atoms with van der Waals surface area (Å²) in [7, 11) is 0. The molecule has 7 heteroatoms. The molecule has 0 radical (unpaired) electrons. The van der Waals surface area contributed by atoms with Crippen molar-refractivity contribution < 1.29 is 19.4 Å². The van der Waals surface area contributed by atoms with Gasteiger partial charge in [0.25, 0.3) is 5.91 Å². The summed E-state index contributed by atoms with van der Waals surface area (Å²) < 4.78 is 6.20. The molecule has 0 aliphatic carbocycles. The van der Waals surface area contributed by atoms with E-state index >= 15 is 0 Å². The van der Waals surface area contributed by atoms with Gasteiger partial charge in [0, 0.05) is 11.4 Å². The van der Waals surface area contributed by atoms with Crippen molar-refractivity contribution in [2.24, 2.45) is 0 Å². The number of carboxylic acid groups (broad SMARTS) is 1. The molecule has 2 N–H and O–H groups in total. The summed E-state index contributed by atoms with van der Waals surface area (Å²) in [4.78, 5) is 23.5. The van der Waals surface area contributed by atoms with Crippen molar-refractivity contribution >= 4 is 39.4 Å². The first kappa shape index (κ1) is 20.3. The molecule has 2 aromatic rings. The molecule has 1 amide bonds. The second kappa shape index (κ2) is 9.05. The molecule has 0 saturated heterocycles. The van der Waals surface area contributed by atoms with Crippen molar-refractivity contribution in [1.29, 1.82) is 0 Å². The highest BCUT2D eigenvalue weighted by Crippen LogP contribution is 2.35. The minimum absolute atomic E-state index is 0.199. The topological polar surface area (TPSA) is 75.6 Å². The maximum absolute atomic E-state index is 12.1. The zero-order valence-electron chi connectivity index (χ0n) is 14.4. The smallest absolute Gasteiger partial charge is 0.326 e. The molecule has 138 valence electrons. The number of carbonyl (C=O) groups is 2. The third-order valence-corrected chi connectivity index (χ3v) is 5.41. The average molecular weight is 441 g/mol. The molecule has 2 rings (SSSR count). The normalized spacial score (nSPS) is 11.7. The van der Waals surface area contributed by atoms with Crippen LogP contribution in [0.2, 0.25) is 5.02 Å². The van der Waals surface area contributed by atoms with Crippen molar-refractivity contribution in [2.45, 2.75) is 26.3 Å². The van der Waals surface area contributed by atoms with Crippen LogP contribution in [0.4, 0.5) is 0 Å². The second-order valence-corrected chi connectivity index (χ2v) is 7.05. The number of aliphatic carboxylic acids is 1. The van der Waals surface area contributed by atoms with Crippen LogP contribution >= 0.6 is 27.5 Å². The maximum Gasteiger partial charge on any atom is 0.326 e. The van der Waals surface area contributed by atoms with E-state index in [0.29, 0.717) is 15.2 Å². The number of benzene rings is 2. The predicted molar refractivity (Wildman–Crippen MR) is 104 cm³/mol. The minimum Gasteiger partial charge on any atom is -0.483 e. The van der Waals surface area contributed by atoms with E-state index in [1.54, 1.807) is 6.07 Å². The lowest BCUT2D eigenvalue weighted by molar-refractivity contribution is -0.142. The Morgan fingerprint density at radius 3 is 2.54 bits per heavy atom. The third-order valence-electron chi connectivity index (χ3n) is 3.84. The van der Waals surface area contributed by atoms with Gasteiger partial charge in [0.2, 0.25) is 0 Å². The van der Waals surface area contributed by atoms with Crippen molar-refractivity contribution in [2.75, 3.05) is 6.61 Å². The predicted octanol–water partition coefficient (Wildman–Crippen LogP) is 3.91. The highest BCUT2D eigenvalue weighted by Gasteiger charge is 2.21. The van der Waals surface area contributed by atoms with Gasteiger partial charge in [0.15, 0.2) is 6.61 Å². The highest BCUT2D eigenvalue weighted by molar-refractivity contribution is 9.10. The van der Waals surface area contributed by atoms with E-state index in [0.717, 1.165) is 16.7 Å². The Balaban J connectivity index is 2.00. The highest BCUT2D eigenvalue weighted by atomic mass is 79.9. The van der Waals surface area contributed by atoms with E-state index in [1.807, 2.05) is 44.2 Å². The minimum atomic E-state index is -1.10. The first-order valence-electron chi connectivity index (χ1n) is 7.93. The van der Waals surface area contributed by atoms with Crippen LogP contribution in [-0.4, -0.2) is 29.6 Å². The van der Waals surface area contributed by atoms with Crippen LogP contribution in [0.5, 0.6) is 5.75 Å². The van der Waals surface area contributed by atoms with E-state index in [2.05, 4.69) is 21.2 Å². The van der Waals surface area contributed by atoms with E-state index < -0.39 is 17.9 Å². The van der Waals surface area contributed by atoms with Gasteiger partial charge in [-0.05, 0) is 52.5 Å². The Morgan fingerprint density at radius 2 is 1.92 bits per heavy atom. The van der Waals surface area contributed by atoms with E-state index in [-0.39, 0.29) is 13.0 Å². The fraction of sp³-hybridized carbons (Fsp3) is 0.263. The molecule has 1 atom stereocenters. The van der Waals surface area contributed by atoms with Gasteiger partial charge in [-0.1, -0.05) is 41.9 Å². The molecule has 0 fully saturated rings. The Hall–Kier alpha value is -2.05. The van der Waals surface area contributed by atoms with Crippen molar-refractivity contribution in [3.63, 3.8) is 0 Å². The molecule has 0 spiro atoms. The molecule has 26 heavy (non-hydrogen) atoms. The first-order chi connectivity index (χ1) is 12.3. The molecule has 5 nitrogen and oxygen atoms in total. The summed E-state index contributed by atoms with van der Waals surface area (Å²) in [6.45, 7) is 3.39. The number of halogens is 2. The number of carbonyl (C=O) groups excluding carboxylic acids is 1. The van der Waals surface area contributed by atoms with Gasteiger partial charge in [0.1, 0.15) is 11.8 Å². The van der Waals surface area contributed by atoms with E-state index in [9.17, 15) is 14.7 Å². The number of carboxylic acids is 1. The number of aryl methyl sites for hydroxylation is 1. The standard InChI is InChI=1S/C19H19BrClNO4/c1-11-8-15(17(20)12(2)18(11)21)26-10-16(23)22-14(19(24)25)9-13-6-4-3-5-7-13/h3-8,14H,9-10H2,1-2H3,(H,22,23)(H,24,25). The zero-order chi connectivity index (χ0) is 19.3. The van der Waals surface area contributed by atoms with Gasteiger partial charge in [-0.3, -0.25) is 4.79 Å². The van der Waals surface area contributed by atoms with Gasteiger partial charge in [-0.25, -0.2) is 4.79 Å². The van der Waals surface area contributed by atoms with E-state index in [1.165, 1.54) is 0 Å². The average Bonchev–Trinajstić information content (AvgIpc) is 2.62. The number of hydrogen-bond acceptors (Lipinski definition) is 3. The van der Waals surface area contributed by atoms with Gasteiger partial charge >= 0.3 is 5.97 Å². The lowest BCUT2D eigenvalue weighted by atomic mass is 10.1. The lowest BCUT2D eigenvalue weighted by Crippen LogP contribution is -2.44. The Labute approximate surface area is 165 Å². The number of nitrogens with one attached hydrogen (secondary N) is 1. The van der Waals surface area contributed by atoms with Crippen molar-refractivity contribution in [3.05, 3.63) is 62.6 Å². The second-order valence-electron chi connectivity index (χ2n) is 5.88. The van der Waals surface area contributed by atoms with Crippen LogP contribution in [-0.2, 0) is 16.0 Å².